The van der Waals surface area contributed by atoms with Crippen molar-refractivity contribution in [1.82, 2.24) is 19.9 Å². The van der Waals surface area contributed by atoms with Crippen molar-refractivity contribution in [3.8, 4) is 0 Å². The fraction of sp³-hybridized carbons (Fsp3) is 0.333. The summed E-state index contributed by atoms with van der Waals surface area (Å²) in [6.45, 7) is 0.167. The van der Waals surface area contributed by atoms with Crippen LogP contribution in [0, 0.1) is 0 Å². The molecule has 0 radical (unpaired) electrons. The van der Waals surface area contributed by atoms with Crippen molar-refractivity contribution in [2.45, 2.75) is 24.3 Å². The molecule has 0 bridgehead atoms. The molecular weight excluding hydrogens is 360 g/mol. The third kappa shape index (κ3) is 4.34. The minimum atomic E-state index is -3.58. The quantitative estimate of drug-likeness (QED) is 0.625. The van der Waals surface area contributed by atoms with Gasteiger partial charge in [-0.2, -0.15) is 5.10 Å². The molecule has 3 N–H and O–H groups in total. The summed E-state index contributed by atoms with van der Waals surface area (Å²) in [5.41, 5.74) is 0.645. The SMILES string of the molecule is O=S(=O)(NCCCc1ncn[nH]1)c1ccc(CO)cc1Br. The van der Waals surface area contributed by atoms with Crippen molar-refractivity contribution in [3.63, 3.8) is 0 Å². The van der Waals surface area contributed by atoms with Crippen LogP contribution in [0.25, 0.3) is 0 Å². The van der Waals surface area contributed by atoms with Crippen molar-refractivity contribution >= 4 is 26.0 Å². The van der Waals surface area contributed by atoms with E-state index in [9.17, 15) is 8.42 Å². The van der Waals surface area contributed by atoms with Gasteiger partial charge >= 0.3 is 0 Å². The zero-order valence-corrected chi connectivity index (χ0v) is 13.5. The van der Waals surface area contributed by atoms with Gasteiger partial charge in [0.15, 0.2) is 0 Å². The third-order valence-corrected chi connectivity index (χ3v) is 5.25. The normalized spacial score (nSPS) is 11.7. The first kappa shape index (κ1) is 16.1. The summed E-state index contributed by atoms with van der Waals surface area (Å²) in [5.74, 6) is 0.725. The van der Waals surface area contributed by atoms with E-state index < -0.39 is 10.0 Å². The van der Waals surface area contributed by atoms with E-state index in [2.05, 4.69) is 35.8 Å². The molecule has 0 aliphatic carbocycles. The first-order valence-electron chi connectivity index (χ1n) is 6.26. The fourth-order valence-electron chi connectivity index (χ4n) is 1.75. The number of aryl methyl sites for hydroxylation is 1. The van der Waals surface area contributed by atoms with E-state index in [1.807, 2.05) is 0 Å². The highest BCUT2D eigenvalue weighted by molar-refractivity contribution is 9.10. The highest BCUT2D eigenvalue weighted by Gasteiger charge is 2.17. The van der Waals surface area contributed by atoms with Crippen LogP contribution in [-0.4, -0.2) is 35.3 Å². The monoisotopic (exact) mass is 374 g/mol. The predicted octanol–water partition coefficient (Wildman–Crippen LogP) is 0.971. The van der Waals surface area contributed by atoms with Crippen LogP contribution in [0.2, 0.25) is 0 Å². The smallest absolute Gasteiger partial charge is 0.241 e. The minimum Gasteiger partial charge on any atom is -0.392 e. The topological polar surface area (TPSA) is 108 Å². The van der Waals surface area contributed by atoms with Gasteiger partial charge in [0.25, 0.3) is 0 Å². The Labute approximate surface area is 131 Å². The number of nitrogens with one attached hydrogen (secondary N) is 2. The molecule has 0 unspecified atom stereocenters. The zero-order chi connectivity index (χ0) is 15.3. The summed E-state index contributed by atoms with van der Waals surface area (Å²) in [6, 6.07) is 4.63. The average molecular weight is 375 g/mol. The van der Waals surface area contributed by atoms with Crippen LogP contribution in [0.15, 0.2) is 33.9 Å². The number of nitrogens with zero attached hydrogens (tertiary/aromatic N) is 2. The minimum absolute atomic E-state index is 0.135. The number of aromatic nitrogens is 3. The van der Waals surface area contributed by atoms with Gasteiger partial charge in [-0.25, -0.2) is 18.1 Å². The second kappa shape index (κ2) is 7.12. The van der Waals surface area contributed by atoms with Crippen LogP contribution < -0.4 is 4.72 Å². The second-order valence-corrected chi connectivity index (χ2v) is 6.95. The zero-order valence-electron chi connectivity index (χ0n) is 11.1. The Morgan fingerprint density at radius 3 is 2.81 bits per heavy atom. The molecule has 21 heavy (non-hydrogen) atoms. The van der Waals surface area contributed by atoms with Crippen LogP contribution in [0.5, 0.6) is 0 Å². The van der Waals surface area contributed by atoms with Crippen molar-refractivity contribution in [3.05, 3.63) is 40.4 Å². The van der Waals surface area contributed by atoms with Gasteiger partial charge in [-0.05, 0) is 40.0 Å². The maximum Gasteiger partial charge on any atom is 0.241 e. The predicted molar refractivity (Wildman–Crippen MR) is 80.0 cm³/mol. The van der Waals surface area contributed by atoms with Gasteiger partial charge in [-0.3, -0.25) is 5.10 Å². The molecule has 0 fully saturated rings. The van der Waals surface area contributed by atoms with Crippen LogP contribution >= 0.6 is 15.9 Å². The number of H-pyrrole nitrogens is 1. The molecule has 1 aromatic carbocycles. The van der Waals surface area contributed by atoms with Gasteiger partial charge in [-0.15, -0.1) is 0 Å². The van der Waals surface area contributed by atoms with Crippen LogP contribution in [0.1, 0.15) is 17.8 Å². The highest BCUT2D eigenvalue weighted by atomic mass is 79.9. The van der Waals surface area contributed by atoms with Crippen LogP contribution in [-0.2, 0) is 23.1 Å². The van der Waals surface area contributed by atoms with Gasteiger partial charge < -0.3 is 5.11 Å². The average Bonchev–Trinajstić information content (AvgIpc) is 2.96. The molecule has 0 saturated heterocycles. The maximum atomic E-state index is 12.2. The van der Waals surface area contributed by atoms with Gasteiger partial charge in [0.2, 0.25) is 10.0 Å². The molecule has 114 valence electrons. The molecule has 0 spiro atoms. The lowest BCUT2D eigenvalue weighted by molar-refractivity contribution is 0.281. The lowest BCUT2D eigenvalue weighted by atomic mass is 10.2. The number of hydrogen-bond acceptors (Lipinski definition) is 5. The molecule has 0 aliphatic rings. The first-order valence-corrected chi connectivity index (χ1v) is 8.54. The van der Waals surface area contributed by atoms with E-state index in [1.165, 1.54) is 12.4 Å². The van der Waals surface area contributed by atoms with Gasteiger partial charge in [-0.1, -0.05) is 6.07 Å². The van der Waals surface area contributed by atoms with Crippen molar-refractivity contribution in [2.75, 3.05) is 6.54 Å². The maximum absolute atomic E-state index is 12.2. The van der Waals surface area contributed by atoms with Gasteiger partial charge in [0, 0.05) is 17.4 Å². The number of aliphatic hydroxyl groups excluding tert-OH is 1. The molecule has 0 atom stereocenters. The summed E-state index contributed by atoms with van der Waals surface area (Å²) in [4.78, 5) is 4.12. The Hall–Kier alpha value is -1.29. The molecule has 2 rings (SSSR count). The Morgan fingerprint density at radius 1 is 1.38 bits per heavy atom. The van der Waals surface area contributed by atoms with E-state index in [0.717, 1.165) is 5.82 Å². The number of aliphatic hydroxyl groups is 1. The van der Waals surface area contributed by atoms with E-state index in [1.54, 1.807) is 12.1 Å². The van der Waals surface area contributed by atoms with Crippen molar-refractivity contribution < 1.29 is 13.5 Å². The summed E-state index contributed by atoms with van der Waals surface area (Å²) in [6.07, 6.45) is 2.65. The molecule has 7 nitrogen and oxygen atoms in total. The summed E-state index contributed by atoms with van der Waals surface area (Å²) < 4.78 is 27.3. The lowest BCUT2D eigenvalue weighted by Gasteiger charge is -2.09. The summed E-state index contributed by atoms with van der Waals surface area (Å²) in [7, 11) is -3.58. The summed E-state index contributed by atoms with van der Waals surface area (Å²) in [5, 5.41) is 15.5. The molecular formula is C12H15BrN4O3S. The Kier molecular flexibility index (Phi) is 5.45. The third-order valence-electron chi connectivity index (χ3n) is 2.82. The number of rotatable bonds is 7. The number of sulfonamides is 1. The van der Waals surface area contributed by atoms with E-state index in [0.29, 0.717) is 29.4 Å². The highest BCUT2D eigenvalue weighted by Crippen LogP contribution is 2.23. The molecule has 2 aromatic rings. The molecule has 0 saturated carbocycles. The number of halogens is 1. The Morgan fingerprint density at radius 2 is 2.19 bits per heavy atom. The molecule has 1 aromatic heterocycles. The number of hydrogen-bond donors (Lipinski definition) is 3. The molecule has 0 aliphatic heterocycles. The standard InChI is InChI=1S/C12H15BrN4O3S/c13-10-6-9(7-18)3-4-11(10)21(19,20)16-5-1-2-12-14-8-15-17-12/h3-4,6,8,16,18H,1-2,5,7H2,(H,14,15,17). The van der Waals surface area contributed by atoms with E-state index >= 15 is 0 Å². The van der Waals surface area contributed by atoms with Crippen LogP contribution in [0.3, 0.4) is 0 Å². The van der Waals surface area contributed by atoms with Crippen molar-refractivity contribution in [2.24, 2.45) is 0 Å². The van der Waals surface area contributed by atoms with E-state index in [-0.39, 0.29) is 11.5 Å². The Bertz CT molecular complexity index is 689. The van der Waals surface area contributed by atoms with Gasteiger partial charge in [0.1, 0.15) is 12.2 Å². The number of benzene rings is 1. The fourth-order valence-corrected chi connectivity index (χ4v) is 3.95. The van der Waals surface area contributed by atoms with Gasteiger partial charge in [0.05, 0.1) is 11.5 Å². The molecule has 9 heteroatoms. The molecule has 1 heterocycles. The molecule has 0 amide bonds. The van der Waals surface area contributed by atoms with E-state index in [4.69, 9.17) is 5.11 Å². The second-order valence-electron chi connectivity index (χ2n) is 4.36. The Balaban J connectivity index is 1.95. The lowest BCUT2D eigenvalue weighted by Crippen LogP contribution is -2.25. The number of aromatic amines is 1. The largest absolute Gasteiger partial charge is 0.392 e. The van der Waals surface area contributed by atoms with Crippen LogP contribution in [0.4, 0.5) is 0 Å². The first-order chi connectivity index (χ1) is 10.0. The van der Waals surface area contributed by atoms with Crippen molar-refractivity contribution in [1.29, 1.82) is 0 Å². The summed E-state index contributed by atoms with van der Waals surface area (Å²) >= 11 is 3.21.